The van der Waals surface area contributed by atoms with Crippen molar-refractivity contribution >= 4 is 38.9 Å². The predicted octanol–water partition coefficient (Wildman–Crippen LogP) is 2.27. The first-order valence-corrected chi connectivity index (χ1v) is 9.84. The molecule has 2 aromatic rings. The molecule has 0 atom stereocenters. The number of carbonyl (C=O) groups is 2. The Kier molecular flexibility index (Phi) is 5.81. The predicted molar refractivity (Wildman–Crippen MR) is 96.8 cm³/mol. The van der Waals surface area contributed by atoms with E-state index in [-0.39, 0.29) is 21.6 Å². The molecule has 0 bridgehead atoms. The van der Waals surface area contributed by atoms with Gasteiger partial charge in [0.1, 0.15) is 9.77 Å². The van der Waals surface area contributed by atoms with Crippen LogP contribution in [-0.4, -0.2) is 20.2 Å². The lowest BCUT2D eigenvalue weighted by Gasteiger charge is -2.11. The molecule has 0 saturated carbocycles. The Labute approximate surface area is 150 Å². The van der Waals surface area contributed by atoms with Crippen molar-refractivity contribution in [1.82, 2.24) is 10.9 Å². The van der Waals surface area contributed by atoms with Gasteiger partial charge in [-0.05, 0) is 30.5 Å². The third kappa shape index (κ3) is 4.80. The number of benzene rings is 1. The van der Waals surface area contributed by atoms with Gasteiger partial charge in [-0.2, -0.15) is 0 Å². The van der Waals surface area contributed by atoms with E-state index >= 15 is 0 Å². The minimum Gasteiger partial charge on any atom is -0.280 e. The summed E-state index contributed by atoms with van der Waals surface area (Å²) >= 11 is 0.975. The van der Waals surface area contributed by atoms with Crippen LogP contribution < -0.4 is 15.6 Å². The van der Waals surface area contributed by atoms with Gasteiger partial charge in [0.2, 0.25) is 5.91 Å². The van der Waals surface area contributed by atoms with Gasteiger partial charge in [-0.15, -0.1) is 11.3 Å². The highest BCUT2D eigenvalue weighted by Gasteiger charge is 2.24. The topological polar surface area (TPSA) is 104 Å². The highest BCUT2D eigenvalue weighted by molar-refractivity contribution is 7.93. The van der Waals surface area contributed by atoms with Gasteiger partial charge in [0.05, 0.1) is 0 Å². The number of sulfonamides is 1. The fraction of sp³-hybridized carbons (Fsp3) is 0.250. The van der Waals surface area contributed by atoms with Crippen LogP contribution >= 0.6 is 11.3 Å². The summed E-state index contributed by atoms with van der Waals surface area (Å²) in [7, 11) is -3.93. The molecule has 2 amide bonds. The molecule has 1 aromatic carbocycles. The van der Waals surface area contributed by atoms with Gasteiger partial charge in [0, 0.05) is 11.6 Å². The summed E-state index contributed by atoms with van der Waals surface area (Å²) < 4.78 is 27.5. The van der Waals surface area contributed by atoms with Crippen LogP contribution in [0.3, 0.4) is 0 Å². The number of anilines is 1. The van der Waals surface area contributed by atoms with Crippen LogP contribution in [0.5, 0.6) is 0 Å². The average Bonchev–Trinajstić information content (AvgIpc) is 3.05. The van der Waals surface area contributed by atoms with E-state index in [2.05, 4.69) is 15.6 Å². The van der Waals surface area contributed by atoms with Crippen LogP contribution in [0, 0.1) is 12.8 Å². The largest absolute Gasteiger partial charge is 0.281 e. The number of thiophene rings is 1. The van der Waals surface area contributed by atoms with Crippen LogP contribution in [0.15, 0.2) is 40.6 Å². The third-order valence-corrected chi connectivity index (χ3v) is 5.72. The van der Waals surface area contributed by atoms with E-state index in [1.54, 1.807) is 38.1 Å². The molecule has 0 aliphatic carbocycles. The van der Waals surface area contributed by atoms with E-state index in [1.807, 2.05) is 6.92 Å². The van der Waals surface area contributed by atoms with Crippen molar-refractivity contribution in [2.45, 2.75) is 25.7 Å². The van der Waals surface area contributed by atoms with E-state index < -0.39 is 15.9 Å². The second-order valence-corrected chi connectivity index (χ2v) is 8.25. The molecular formula is C16H19N3O4S2. The van der Waals surface area contributed by atoms with Gasteiger partial charge in [-0.25, -0.2) is 8.42 Å². The Morgan fingerprint density at radius 1 is 1.04 bits per heavy atom. The van der Waals surface area contributed by atoms with Crippen molar-refractivity contribution in [2.75, 3.05) is 4.72 Å². The molecule has 0 unspecified atom stereocenters. The molecule has 0 aliphatic heterocycles. The smallest absolute Gasteiger partial charge is 0.280 e. The first-order valence-electron chi connectivity index (χ1n) is 7.48. The number of rotatable bonds is 5. The lowest BCUT2D eigenvalue weighted by Crippen LogP contribution is -2.43. The summed E-state index contributed by atoms with van der Waals surface area (Å²) in [6, 6.07) is 8.19. The number of hydrazine groups is 1. The fourth-order valence-corrected chi connectivity index (χ4v) is 4.21. The second kappa shape index (κ2) is 7.66. The summed E-state index contributed by atoms with van der Waals surface area (Å²) in [5.74, 6) is -1.37. The molecule has 0 spiro atoms. The van der Waals surface area contributed by atoms with Crippen LogP contribution in [0.4, 0.5) is 5.69 Å². The van der Waals surface area contributed by atoms with Crippen molar-refractivity contribution in [1.29, 1.82) is 0 Å². The Morgan fingerprint density at radius 2 is 1.68 bits per heavy atom. The fourth-order valence-electron chi connectivity index (χ4n) is 1.83. The van der Waals surface area contributed by atoms with Crippen LogP contribution in [0.2, 0.25) is 0 Å². The SMILES string of the molecule is Cc1ccc(NS(=O)(=O)c2ccsc2C(=O)NNC(=O)C(C)C)cc1. The van der Waals surface area contributed by atoms with Gasteiger partial charge in [0.25, 0.3) is 15.9 Å². The second-order valence-electron chi connectivity index (χ2n) is 5.68. The molecule has 134 valence electrons. The van der Waals surface area contributed by atoms with Crippen molar-refractivity contribution in [3.63, 3.8) is 0 Å². The van der Waals surface area contributed by atoms with Crippen LogP contribution in [0.1, 0.15) is 29.1 Å². The average molecular weight is 381 g/mol. The molecule has 1 aromatic heterocycles. The zero-order valence-electron chi connectivity index (χ0n) is 14.0. The molecule has 2 rings (SSSR count). The molecular weight excluding hydrogens is 362 g/mol. The lowest BCUT2D eigenvalue weighted by atomic mass is 10.2. The van der Waals surface area contributed by atoms with Crippen LogP contribution in [-0.2, 0) is 14.8 Å². The molecule has 0 saturated heterocycles. The van der Waals surface area contributed by atoms with Crippen molar-refractivity contribution in [2.24, 2.45) is 5.92 Å². The van der Waals surface area contributed by atoms with Crippen molar-refractivity contribution in [3.8, 4) is 0 Å². The lowest BCUT2D eigenvalue weighted by molar-refractivity contribution is -0.124. The highest BCUT2D eigenvalue weighted by Crippen LogP contribution is 2.24. The van der Waals surface area contributed by atoms with E-state index in [4.69, 9.17) is 0 Å². The molecule has 25 heavy (non-hydrogen) atoms. The monoisotopic (exact) mass is 381 g/mol. The number of hydrogen-bond acceptors (Lipinski definition) is 5. The van der Waals surface area contributed by atoms with E-state index in [9.17, 15) is 18.0 Å². The van der Waals surface area contributed by atoms with Gasteiger partial charge in [-0.3, -0.25) is 25.2 Å². The summed E-state index contributed by atoms with van der Waals surface area (Å²) in [5, 5.41) is 1.50. The van der Waals surface area contributed by atoms with Gasteiger partial charge >= 0.3 is 0 Å². The Balaban J connectivity index is 2.17. The zero-order chi connectivity index (χ0) is 18.6. The summed E-state index contributed by atoms with van der Waals surface area (Å²) in [6.45, 7) is 5.24. The molecule has 3 N–H and O–H groups in total. The quantitative estimate of drug-likeness (QED) is 0.691. The number of aryl methyl sites for hydroxylation is 1. The molecule has 0 aliphatic rings. The standard InChI is InChI=1S/C16H19N3O4S2/c1-10(2)15(20)17-18-16(21)14-13(8-9-24-14)25(22,23)19-12-6-4-11(3)5-7-12/h4-10,19H,1-3H3,(H,17,20)(H,18,21). The molecule has 1 heterocycles. The minimum absolute atomic E-state index is 0.0105. The molecule has 7 nitrogen and oxygen atoms in total. The number of hydrogen-bond donors (Lipinski definition) is 3. The third-order valence-electron chi connectivity index (χ3n) is 3.25. The maximum Gasteiger partial charge on any atom is 0.281 e. The molecule has 0 fully saturated rings. The van der Waals surface area contributed by atoms with Gasteiger partial charge in [-0.1, -0.05) is 31.5 Å². The first kappa shape index (κ1) is 18.9. The Bertz CT molecular complexity index is 871. The van der Waals surface area contributed by atoms with Gasteiger partial charge in [0.15, 0.2) is 0 Å². The van der Waals surface area contributed by atoms with Crippen molar-refractivity contribution < 1.29 is 18.0 Å². The Morgan fingerprint density at radius 3 is 2.28 bits per heavy atom. The zero-order valence-corrected chi connectivity index (χ0v) is 15.6. The van der Waals surface area contributed by atoms with Crippen LogP contribution in [0.25, 0.3) is 0 Å². The van der Waals surface area contributed by atoms with E-state index in [1.165, 1.54) is 11.4 Å². The summed E-state index contributed by atoms with van der Waals surface area (Å²) in [6.07, 6.45) is 0. The van der Waals surface area contributed by atoms with E-state index in [0.717, 1.165) is 16.9 Å². The number of amides is 2. The van der Waals surface area contributed by atoms with Crippen molar-refractivity contribution in [3.05, 3.63) is 46.2 Å². The summed E-state index contributed by atoms with van der Waals surface area (Å²) in [4.78, 5) is 23.5. The molecule has 9 heteroatoms. The molecule has 0 radical (unpaired) electrons. The maximum atomic E-state index is 12.5. The normalized spacial score (nSPS) is 11.2. The first-order chi connectivity index (χ1) is 11.7. The summed E-state index contributed by atoms with van der Waals surface area (Å²) in [5.41, 5.74) is 5.89. The Hall–Kier alpha value is -2.39. The number of nitrogens with one attached hydrogen (secondary N) is 3. The van der Waals surface area contributed by atoms with Gasteiger partial charge < -0.3 is 0 Å². The minimum atomic E-state index is -3.93. The number of carbonyl (C=O) groups excluding carboxylic acids is 2. The highest BCUT2D eigenvalue weighted by atomic mass is 32.2. The van der Waals surface area contributed by atoms with E-state index in [0.29, 0.717) is 5.69 Å². The maximum absolute atomic E-state index is 12.5.